The Balaban J connectivity index is 2.96. The van der Waals surface area contributed by atoms with Gasteiger partial charge in [-0.05, 0) is 52.7 Å². The molecule has 0 saturated carbocycles. The average Bonchev–Trinajstić information content (AvgIpc) is 2.80. The monoisotopic (exact) mass is 478 g/mol. The van der Waals surface area contributed by atoms with Gasteiger partial charge in [-0.15, -0.1) is 0 Å². The van der Waals surface area contributed by atoms with Gasteiger partial charge >= 0.3 is 17.6 Å². The molecule has 6 nitrogen and oxygen atoms in total. The molecule has 0 atom stereocenters. The van der Waals surface area contributed by atoms with Crippen LogP contribution in [0.3, 0.4) is 0 Å². The predicted molar refractivity (Wildman–Crippen MR) is 132 cm³/mol. The molecule has 32 heavy (non-hydrogen) atoms. The Hall–Kier alpha value is -1.37. The van der Waals surface area contributed by atoms with Crippen LogP contribution in [0.4, 0.5) is 0 Å². The third-order valence-electron chi connectivity index (χ3n) is 4.79. The van der Waals surface area contributed by atoms with Crippen molar-refractivity contribution in [3.05, 3.63) is 48.5 Å². The molecule has 0 fully saturated rings. The molecule has 0 aliphatic carbocycles. The molecule has 0 aliphatic heterocycles. The van der Waals surface area contributed by atoms with E-state index >= 15 is 0 Å². The molecule has 0 bridgehead atoms. The fourth-order valence-electron chi connectivity index (χ4n) is 3.84. The zero-order valence-electron chi connectivity index (χ0n) is 20.3. The van der Waals surface area contributed by atoms with Gasteiger partial charge in [0, 0.05) is 50.0 Å². The minimum absolute atomic E-state index is 0.460. The summed E-state index contributed by atoms with van der Waals surface area (Å²) in [7, 11) is -6.63. The van der Waals surface area contributed by atoms with Crippen LogP contribution in [-0.2, 0) is 26.6 Å². The molecule has 2 aromatic rings. The Kier molecular flexibility index (Phi) is 11.2. The van der Waals surface area contributed by atoms with Crippen LogP contribution >= 0.6 is 0 Å². The minimum Gasteiger partial charge on any atom is -0.370 e. The molecule has 0 heterocycles. The van der Waals surface area contributed by atoms with Gasteiger partial charge in [0.05, 0.1) is 0 Å². The number of rotatable bonds is 15. The van der Waals surface area contributed by atoms with Crippen molar-refractivity contribution in [3.63, 3.8) is 0 Å². The third-order valence-corrected chi connectivity index (χ3v) is 11.3. The standard InChI is InChI=1S/C24H38O6Si2/c1-7-25-31(26-8-2,27-9-3)23-20-16-19-22(21-17-14-13-15-18-21)24(23)32(28-10-4,29-11-5)30-12-6/h13-20H,7-12H2,1-6H3. The molecule has 178 valence electrons. The lowest BCUT2D eigenvalue weighted by molar-refractivity contribution is 0.0807. The van der Waals surface area contributed by atoms with E-state index in [0.717, 1.165) is 21.5 Å². The van der Waals surface area contributed by atoms with Gasteiger partial charge in [0.25, 0.3) is 0 Å². The Morgan fingerprint density at radius 3 is 1.38 bits per heavy atom. The maximum Gasteiger partial charge on any atom is 0.537 e. The minimum atomic E-state index is -3.35. The highest BCUT2D eigenvalue weighted by molar-refractivity contribution is 6.87. The first kappa shape index (κ1) is 26.9. The molecule has 8 heteroatoms. The topological polar surface area (TPSA) is 55.4 Å². The summed E-state index contributed by atoms with van der Waals surface area (Å²) in [6.45, 7) is 14.5. The lowest BCUT2D eigenvalue weighted by atomic mass is 10.1. The van der Waals surface area contributed by atoms with E-state index in [1.807, 2.05) is 71.9 Å². The normalized spacial score (nSPS) is 12.3. The summed E-state index contributed by atoms with van der Waals surface area (Å²) >= 11 is 0. The third kappa shape index (κ3) is 5.95. The Labute approximate surface area is 195 Å². The molecule has 0 radical (unpaired) electrons. The van der Waals surface area contributed by atoms with Crippen LogP contribution in [0.15, 0.2) is 48.5 Å². The Morgan fingerprint density at radius 1 is 0.500 bits per heavy atom. The van der Waals surface area contributed by atoms with Crippen LogP contribution in [0.1, 0.15) is 41.5 Å². The molecule has 2 rings (SSSR count). The van der Waals surface area contributed by atoms with Crippen LogP contribution in [0, 0.1) is 0 Å². The largest absolute Gasteiger partial charge is 0.537 e. The van der Waals surface area contributed by atoms with E-state index in [-0.39, 0.29) is 0 Å². The Bertz CT molecular complexity index is 768. The molecular weight excluding hydrogens is 440 g/mol. The average molecular weight is 479 g/mol. The van der Waals surface area contributed by atoms with Crippen molar-refractivity contribution in [1.82, 2.24) is 0 Å². The van der Waals surface area contributed by atoms with Crippen molar-refractivity contribution in [2.24, 2.45) is 0 Å². The Morgan fingerprint density at radius 2 is 0.938 bits per heavy atom. The van der Waals surface area contributed by atoms with E-state index in [1.54, 1.807) is 0 Å². The maximum absolute atomic E-state index is 6.38. The SMILES string of the molecule is CCO[Si](OCC)(OCC)c1cccc(-c2ccccc2)c1[Si](OCC)(OCC)OCC. The first-order valence-corrected chi connectivity index (χ1v) is 15.1. The summed E-state index contributed by atoms with van der Waals surface area (Å²) in [6, 6.07) is 16.3. The summed E-state index contributed by atoms with van der Waals surface area (Å²) in [5.74, 6) is 0. The first-order chi connectivity index (χ1) is 15.6. The zero-order valence-corrected chi connectivity index (χ0v) is 22.3. The van der Waals surface area contributed by atoms with Crippen molar-refractivity contribution in [2.45, 2.75) is 41.5 Å². The van der Waals surface area contributed by atoms with E-state index in [9.17, 15) is 0 Å². The summed E-state index contributed by atoms with van der Waals surface area (Å²) < 4.78 is 38.1. The van der Waals surface area contributed by atoms with Crippen molar-refractivity contribution in [1.29, 1.82) is 0 Å². The van der Waals surface area contributed by atoms with E-state index < -0.39 is 17.6 Å². The van der Waals surface area contributed by atoms with E-state index in [4.69, 9.17) is 26.6 Å². The zero-order chi connectivity index (χ0) is 23.5. The molecule has 0 unspecified atom stereocenters. The highest BCUT2D eigenvalue weighted by atomic mass is 28.4. The first-order valence-electron chi connectivity index (χ1n) is 11.6. The van der Waals surface area contributed by atoms with Gasteiger partial charge in [-0.3, -0.25) is 0 Å². The maximum atomic E-state index is 6.38. The summed E-state index contributed by atoms with van der Waals surface area (Å²) in [4.78, 5) is 0. The van der Waals surface area contributed by atoms with Crippen LogP contribution in [0.2, 0.25) is 0 Å². The smallest absolute Gasteiger partial charge is 0.370 e. The second-order valence-electron chi connectivity index (χ2n) is 6.80. The highest BCUT2D eigenvalue weighted by Crippen LogP contribution is 2.24. The number of benzene rings is 2. The van der Waals surface area contributed by atoms with Crippen LogP contribution in [0.25, 0.3) is 11.1 Å². The molecule has 2 aromatic carbocycles. The fraction of sp³-hybridized carbons (Fsp3) is 0.500. The van der Waals surface area contributed by atoms with Crippen molar-refractivity contribution >= 4 is 28.0 Å². The summed E-state index contributed by atoms with van der Waals surface area (Å²) in [5.41, 5.74) is 2.04. The van der Waals surface area contributed by atoms with Gasteiger partial charge in [-0.2, -0.15) is 0 Å². The van der Waals surface area contributed by atoms with Crippen molar-refractivity contribution in [2.75, 3.05) is 39.6 Å². The summed E-state index contributed by atoms with van der Waals surface area (Å²) in [6.07, 6.45) is 0. The van der Waals surface area contributed by atoms with E-state index in [0.29, 0.717) is 39.6 Å². The van der Waals surface area contributed by atoms with Crippen molar-refractivity contribution in [3.8, 4) is 11.1 Å². The molecule has 0 aliphatic rings. The second kappa shape index (κ2) is 13.4. The number of hydrogen-bond donors (Lipinski definition) is 0. The quantitative estimate of drug-likeness (QED) is 0.362. The van der Waals surface area contributed by atoms with E-state index in [1.165, 1.54) is 0 Å². The molecule has 0 amide bonds. The lowest BCUT2D eigenvalue weighted by Gasteiger charge is -2.36. The van der Waals surface area contributed by atoms with Gasteiger partial charge in [-0.1, -0.05) is 48.5 Å². The highest BCUT2D eigenvalue weighted by Gasteiger charge is 2.54. The summed E-state index contributed by atoms with van der Waals surface area (Å²) in [5, 5.41) is 1.73. The van der Waals surface area contributed by atoms with Gasteiger partial charge in [0.1, 0.15) is 0 Å². The van der Waals surface area contributed by atoms with Gasteiger partial charge in [0.2, 0.25) is 0 Å². The molecule has 0 spiro atoms. The fourth-order valence-corrected chi connectivity index (χ4v) is 10.1. The van der Waals surface area contributed by atoms with Crippen LogP contribution in [0.5, 0.6) is 0 Å². The van der Waals surface area contributed by atoms with Gasteiger partial charge in [-0.25, -0.2) is 0 Å². The second-order valence-corrected chi connectivity index (χ2v) is 11.8. The number of hydrogen-bond acceptors (Lipinski definition) is 6. The molecule has 0 saturated heterocycles. The van der Waals surface area contributed by atoms with E-state index in [2.05, 4.69) is 18.2 Å². The van der Waals surface area contributed by atoms with Gasteiger partial charge in [0.15, 0.2) is 0 Å². The van der Waals surface area contributed by atoms with Crippen LogP contribution in [-0.4, -0.2) is 57.3 Å². The van der Waals surface area contributed by atoms with Crippen molar-refractivity contribution < 1.29 is 26.6 Å². The molecule has 0 N–H and O–H groups in total. The molecular formula is C24H38O6Si2. The molecule has 0 aromatic heterocycles. The van der Waals surface area contributed by atoms with Gasteiger partial charge < -0.3 is 26.6 Å². The predicted octanol–water partition coefficient (Wildman–Crippen LogP) is 3.86. The van der Waals surface area contributed by atoms with Crippen LogP contribution < -0.4 is 10.4 Å². The lowest BCUT2D eigenvalue weighted by Crippen LogP contribution is -2.70.